The smallest absolute Gasteiger partial charge is 0.106 e. The molecule has 3 nitrogen and oxygen atoms in total. The Bertz CT molecular complexity index is 990. The molecule has 3 heteroatoms. The lowest BCUT2D eigenvalue weighted by Gasteiger charge is -2.33. The molecule has 2 aliphatic rings. The summed E-state index contributed by atoms with van der Waals surface area (Å²) in [4.78, 5) is 2.38. The highest BCUT2D eigenvalue weighted by Crippen LogP contribution is 2.42. The average Bonchev–Trinajstić information content (AvgIpc) is 3.35. The van der Waals surface area contributed by atoms with Crippen LogP contribution in [-0.2, 0) is 6.42 Å². The van der Waals surface area contributed by atoms with Crippen molar-refractivity contribution in [2.75, 3.05) is 18.0 Å². The van der Waals surface area contributed by atoms with Gasteiger partial charge in [-0.15, -0.1) is 0 Å². The van der Waals surface area contributed by atoms with Gasteiger partial charge in [-0.3, -0.25) is 0 Å². The molecule has 26 heavy (non-hydrogen) atoms. The lowest BCUT2D eigenvalue weighted by Crippen LogP contribution is -2.33. The maximum absolute atomic E-state index is 9.90. The molecular formula is C23H20N2O. The van der Waals surface area contributed by atoms with E-state index in [1.807, 2.05) is 6.07 Å². The first-order valence-corrected chi connectivity index (χ1v) is 9.28. The first-order chi connectivity index (χ1) is 12.8. The number of hydrogen-bond acceptors (Lipinski definition) is 3. The van der Waals surface area contributed by atoms with E-state index in [1.54, 1.807) is 6.26 Å². The maximum atomic E-state index is 9.90. The van der Waals surface area contributed by atoms with E-state index in [0.29, 0.717) is 5.92 Å². The van der Waals surface area contributed by atoms with Gasteiger partial charge in [0, 0.05) is 25.4 Å². The Hall–Kier alpha value is -2.99. The number of nitriles is 1. The molecular weight excluding hydrogens is 320 g/mol. The van der Waals surface area contributed by atoms with Gasteiger partial charge in [0.1, 0.15) is 11.8 Å². The van der Waals surface area contributed by atoms with Crippen LogP contribution in [0.25, 0.3) is 11.1 Å². The number of fused-ring (bicyclic) bond motifs is 3. The third kappa shape index (κ3) is 2.34. The van der Waals surface area contributed by atoms with Crippen LogP contribution in [0.2, 0.25) is 0 Å². The van der Waals surface area contributed by atoms with E-state index in [4.69, 9.17) is 4.42 Å². The average molecular weight is 340 g/mol. The van der Waals surface area contributed by atoms with E-state index in [2.05, 4.69) is 53.4 Å². The van der Waals surface area contributed by atoms with Crippen LogP contribution in [0.5, 0.6) is 0 Å². The molecule has 1 aliphatic carbocycles. The molecule has 0 bridgehead atoms. The zero-order chi connectivity index (χ0) is 17.5. The standard InChI is InChI=1S/C23H20N2O/c24-15-21-20-14-17-4-1-2-5-18(17)19(20)7-8-22(21)25-11-9-16(10-12-25)23-6-3-13-26-23/h1-8,13,16H,9-12,14H2. The minimum absolute atomic E-state index is 0.491. The van der Waals surface area contributed by atoms with Gasteiger partial charge in [0.15, 0.2) is 0 Å². The molecule has 5 rings (SSSR count). The van der Waals surface area contributed by atoms with E-state index in [9.17, 15) is 5.26 Å². The van der Waals surface area contributed by atoms with Crippen molar-refractivity contribution in [3.8, 4) is 17.2 Å². The van der Waals surface area contributed by atoms with Crippen molar-refractivity contribution in [2.24, 2.45) is 0 Å². The van der Waals surface area contributed by atoms with Crippen molar-refractivity contribution in [1.82, 2.24) is 0 Å². The zero-order valence-electron chi connectivity index (χ0n) is 14.6. The summed E-state index contributed by atoms with van der Waals surface area (Å²) in [5.41, 5.74) is 6.98. The minimum Gasteiger partial charge on any atom is -0.469 e. The number of benzene rings is 2. The van der Waals surface area contributed by atoms with Gasteiger partial charge >= 0.3 is 0 Å². The van der Waals surface area contributed by atoms with Crippen LogP contribution in [0.4, 0.5) is 5.69 Å². The largest absolute Gasteiger partial charge is 0.469 e. The van der Waals surface area contributed by atoms with Gasteiger partial charge in [0.2, 0.25) is 0 Å². The summed E-state index contributed by atoms with van der Waals surface area (Å²) in [6, 6.07) is 19.4. The van der Waals surface area contributed by atoms with E-state index >= 15 is 0 Å². The third-order valence-corrected chi connectivity index (χ3v) is 5.86. The predicted molar refractivity (Wildman–Crippen MR) is 102 cm³/mol. The molecule has 0 spiro atoms. The highest BCUT2D eigenvalue weighted by molar-refractivity contribution is 5.82. The SMILES string of the molecule is N#Cc1c(N2CCC(c3ccco3)CC2)ccc2c1Cc1ccccc1-2. The third-order valence-electron chi connectivity index (χ3n) is 5.86. The zero-order valence-corrected chi connectivity index (χ0v) is 14.6. The molecule has 1 aromatic heterocycles. The fourth-order valence-corrected chi connectivity index (χ4v) is 4.52. The first-order valence-electron chi connectivity index (χ1n) is 9.28. The van der Waals surface area contributed by atoms with E-state index in [0.717, 1.165) is 49.4 Å². The van der Waals surface area contributed by atoms with E-state index in [-0.39, 0.29) is 0 Å². The number of rotatable bonds is 2. The van der Waals surface area contributed by atoms with Crippen LogP contribution in [0.15, 0.2) is 59.2 Å². The van der Waals surface area contributed by atoms with Crippen LogP contribution in [0.1, 0.15) is 41.2 Å². The lowest BCUT2D eigenvalue weighted by atomic mass is 9.92. The van der Waals surface area contributed by atoms with Crippen LogP contribution >= 0.6 is 0 Å². The molecule has 1 aliphatic heterocycles. The second-order valence-electron chi connectivity index (χ2n) is 7.21. The summed E-state index contributed by atoms with van der Waals surface area (Å²) in [6.07, 6.45) is 4.75. The van der Waals surface area contributed by atoms with Crippen molar-refractivity contribution in [1.29, 1.82) is 5.26 Å². The van der Waals surface area contributed by atoms with E-state index in [1.165, 1.54) is 22.3 Å². The Morgan fingerprint density at radius 2 is 1.81 bits per heavy atom. The molecule has 0 atom stereocenters. The predicted octanol–water partition coefficient (Wildman–Crippen LogP) is 5.11. The quantitative estimate of drug-likeness (QED) is 0.509. The monoisotopic (exact) mass is 340 g/mol. The van der Waals surface area contributed by atoms with Crippen molar-refractivity contribution in [3.63, 3.8) is 0 Å². The van der Waals surface area contributed by atoms with Crippen molar-refractivity contribution < 1.29 is 4.42 Å². The fourth-order valence-electron chi connectivity index (χ4n) is 4.52. The summed E-state index contributed by atoms with van der Waals surface area (Å²) in [6.45, 7) is 1.93. The van der Waals surface area contributed by atoms with Crippen LogP contribution in [-0.4, -0.2) is 13.1 Å². The van der Waals surface area contributed by atoms with Gasteiger partial charge in [-0.25, -0.2) is 0 Å². The van der Waals surface area contributed by atoms with Crippen LogP contribution in [0.3, 0.4) is 0 Å². The van der Waals surface area contributed by atoms with Gasteiger partial charge in [-0.2, -0.15) is 5.26 Å². The summed E-state index contributed by atoms with van der Waals surface area (Å²) in [5, 5.41) is 9.90. The molecule has 2 aromatic carbocycles. The molecule has 3 aromatic rings. The molecule has 2 heterocycles. The molecule has 0 radical (unpaired) electrons. The second-order valence-corrected chi connectivity index (χ2v) is 7.21. The van der Waals surface area contributed by atoms with Gasteiger partial charge < -0.3 is 9.32 Å². The van der Waals surface area contributed by atoms with Crippen LogP contribution < -0.4 is 4.90 Å². The highest BCUT2D eigenvalue weighted by Gasteiger charge is 2.27. The van der Waals surface area contributed by atoms with Gasteiger partial charge in [0.25, 0.3) is 0 Å². The minimum atomic E-state index is 0.491. The molecule has 0 unspecified atom stereocenters. The Balaban J connectivity index is 1.45. The van der Waals surface area contributed by atoms with Gasteiger partial charge in [-0.1, -0.05) is 30.3 Å². The summed E-state index contributed by atoms with van der Waals surface area (Å²) >= 11 is 0. The summed E-state index contributed by atoms with van der Waals surface area (Å²) in [7, 11) is 0. The fraction of sp³-hybridized carbons (Fsp3) is 0.261. The summed E-state index contributed by atoms with van der Waals surface area (Å²) in [5.74, 6) is 1.58. The number of hydrogen-bond donors (Lipinski definition) is 0. The Kier molecular flexibility index (Phi) is 3.57. The Labute approximate surface area is 153 Å². The molecule has 128 valence electrons. The molecule has 0 N–H and O–H groups in total. The van der Waals surface area contributed by atoms with Crippen LogP contribution in [0, 0.1) is 11.3 Å². The normalized spacial score (nSPS) is 16.2. The number of nitrogens with zero attached hydrogens (tertiary/aromatic N) is 2. The Morgan fingerprint density at radius 1 is 0.962 bits per heavy atom. The first kappa shape index (κ1) is 15.3. The van der Waals surface area contributed by atoms with Crippen molar-refractivity contribution in [2.45, 2.75) is 25.2 Å². The molecule has 1 fully saturated rings. The van der Waals surface area contributed by atoms with E-state index < -0.39 is 0 Å². The molecule has 0 saturated carbocycles. The van der Waals surface area contributed by atoms with Crippen molar-refractivity contribution >= 4 is 5.69 Å². The van der Waals surface area contributed by atoms with Gasteiger partial charge in [-0.05, 0) is 53.3 Å². The summed E-state index contributed by atoms with van der Waals surface area (Å²) < 4.78 is 5.58. The van der Waals surface area contributed by atoms with Gasteiger partial charge in [0.05, 0.1) is 17.5 Å². The highest BCUT2D eigenvalue weighted by atomic mass is 16.3. The topological polar surface area (TPSA) is 40.2 Å². The lowest BCUT2D eigenvalue weighted by molar-refractivity contribution is 0.406. The maximum Gasteiger partial charge on any atom is 0.106 e. The number of furan rings is 1. The molecule has 1 saturated heterocycles. The number of piperidine rings is 1. The number of anilines is 1. The molecule has 0 amide bonds. The van der Waals surface area contributed by atoms with Crippen molar-refractivity contribution in [3.05, 3.63) is 77.2 Å². The Morgan fingerprint density at radius 3 is 2.58 bits per heavy atom. The second kappa shape index (κ2) is 6.07.